The van der Waals surface area contributed by atoms with Crippen LogP contribution in [0.25, 0.3) is 11.1 Å². The molecule has 2 aromatic carbocycles. The van der Waals surface area contributed by atoms with Gasteiger partial charge in [0.05, 0.1) is 0 Å². The van der Waals surface area contributed by atoms with E-state index in [2.05, 4.69) is 33.4 Å². The first kappa shape index (κ1) is 16.8. The van der Waals surface area contributed by atoms with Crippen LogP contribution in [0.4, 0.5) is 5.69 Å². The second-order valence-electron chi connectivity index (χ2n) is 5.34. The number of anilines is 1. The molecule has 116 valence electrons. The van der Waals surface area contributed by atoms with Gasteiger partial charge in [-0.2, -0.15) is 0 Å². The van der Waals surface area contributed by atoms with Gasteiger partial charge in [-0.05, 0) is 36.1 Å². The quantitative estimate of drug-likeness (QED) is 0.479. The molecule has 0 atom stereocenters. The third-order valence-electron chi connectivity index (χ3n) is 3.56. The predicted molar refractivity (Wildman–Crippen MR) is 97.4 cm³/mol. The standard InChI is InChI=1S/C19H22BrNO/c20-15-7-2-1-6-10-19(22)21-18-13-11-17(12-14-18)16-8-4-3-5-9-16/h3-5,8-9,11-14H,1-2,6-7,10,15H2,(H,21,22). The van der Waals surface area contributed by atoms with Crippen LogP contribution in [-0.4, -0.2) is 11.2 Å². The van der Waals surface area contributed by atoms with Crippen molar-refractivity contribution in [2.75, 3.05) is 10.6 Å². The van der Waals surface area contributed by atoms with Crippen molar-refractivity contribution < 1.29 is 4.79 Å². The highest BCUT2D eigenvalue weighted by molar-refractivity contribution is 9.09. The molecule has 0 heterocycles. The summed E-state index contributed by atoms with van der Waals surface area (Å²) < 4.78 is 0. The zero-order chi connectivity index (χ0) is 15.6. The van der Waals surface area contributed by atoms with Crippen molar-refractivity contribution in [1.29, 1.82) is 0 Å². The molecule has 1 amide bonds. The van der Waals surface area contributed by atoms with Crippen molar-refractivity contribution in [3.05, 3.63) is 54.6 Å². The van der Waals surface area contributed by atoms with Crippen molar-refractivity contribution >= 4 is 27.5 Å². The van der Waals surface area contributed by atoms with Gasteiger partial charge in [0, 0.05) is 17.4 Å². The minimum Gasteiger partial charge on any atom is -0.326 e. The number of hydrogen-bond donors (Lipinski definition) is 1. The van der Waals surface area contributed by atoms with E-state index in [9.17, 15) is 4.79 Å². The Kier molecular flexibility index (Phi) is 7.17. The van der Waals surface area contributed by atoms with Gasteiger partial charge in [-0.25, -0.2) is 0 Å². The highest BCUT2D eigenvalue weighted by atomic mass is 79.9. The maximum atomic E-state index is 11.9. The largest absolute Gasteiger partial charge is 0.326 e. The Balaban J connectivity index is 1.80. The molecule has 0 aliphatic carbocycles. The van der Waals surface area contributed by atoms with Crippen LogP contribution in [0.5, 0.6) is 0 Å². The second-order valence-corrected chi connectivity index (χ2v) is 6.14. The molecular formula is C19H22BrNO. The summed E-state index contributed by atoms with van der Waals surface area (Å²) in [5.41, 5.74) is 3.21. The van der Waals surface area contributed by atoms with Crippen LogP contribution in [0.3, 0.4) is 0 Å². The molecule has 22 heavy (non-hydrogen) atoms. The highest BCUT2D eigenvalue weighted by Gasteiger charge is 2.03. The van der Waals surface area contributed by atoms with Crippen LogP contribution in [0.15, 0.2) is 54.6 Å². The van der Waals surface area contributed by atoms with Gasteiger partial charge < -0.3 is 5.32 Å². The molecule has 0 aromatic heterocycles. The van der Waals surface area contributed by atoms with Gasteiger partial charge in [-0.3, -0.25) is 4.79 Å². The van der Waals surface area contributed by atoms with Crippen LogP contribution in [0.2, 0.25) is 0 Å². The molecule has 3 heteroatoms. The van der Waals surface area contributed by atoms with Gasteiger partial charge in [0.15, 0.2) is 0 Å². The van der Waals surface area contributed by atoms with E-state index in [1.54, 1.807) is 0 Å². The molecule has 0 unspecified atom stereocenters. The average molecular weight is 360 g/mol. The second kappa shape index (κ2) is 9.42. The van der Waals surface area contributed by atoms with E-state index < -0.39 is 0 Å². The molecule has 0 fully saturated rings. The van der Waals surface area contributed by atoms with Crippen molar-refractivity contribution in [2.45, 2.75) is 32.1 Å². The van der Waals surface area contributed by atoms with Crippen molar-refractivity contribution in [3.63, 3.8) is 0 Å². The van der Waals surface area contributed by atoms with Crippen LogP contribution in [0.1, 0.15) is 32.1 Å². The Morgan fingerprint density at radius 1 is 0.818 bits per heavy atom. The minimum atomic E-state index is 0.103. The van der Waals surface area contributed by atoms with E-state index in [4.69, 9.17) is 0 Å². The first-order chi connectivity index (χ1) is 10.8. The number of benzene rings is 2. The fraction of sp³-hybridized carbons (Fsp3) is 0.316. The van der Waals surface area contributed by atoms with Gasteiger partial charge in [-0.1, -0.05) is 71.2 Å². The number of rotatable bonds is 8. The van der Waals surface area contributed by atoms with E-state index >= 15 is 0 Å². The topological polar surface area (TPSA) is 29.1 Å². The third-order valence-corrected chi connectivity index (χ3v) is 4.12. The van der Waals surface area contributed by atoms with Gasteiger partial charge in [0.1, 0.15) is 0 Å². The van der Waals surface area contributed by atoms with Gasteiger partial charge in [0.25, 0.3) is 0 Å². The zero-order valence-electron chi connectivity index (χ0n) is 12.7. The zero-order valence-corrected chi connectivity index (χ0v) is 14.3. The first-order valence-electron chi connectivity index (χ1n) is 7.81. The molecule has 2 aromatic rings. The van der Waals surface area contributed by atoms with Crippen LogP contribution in [0, 0.1) is 0 Å². The fourth-order valence-electron chi connectivity index (χ4n) is 2.33. The molecule has 0 bridgehead atoms. The van der Waals surface area contributed by atoms with Crippen LogP contribution < -0.4 is 5.32 Å². The lowest BCUT2D eigenvalue weighted by Gasteiger charge is -2.07. The maximum Gasteiger partial charge on any atom is 0.224 e. The SMILES string of the molecule is O=C(CCCCCCBr)Nc1ccc(-c2ccccc2)cc1. The minimum absolute atomic E-state index is 0.103. The molecule has 0 aliphatic heterocycles. The smallest absolute Gasteiger partial charge is 0.224 e. The number of carbonyl (C=O) groups is 1. The van der Waals surface area contributed by atoms with E-state index in [-0.39, 0.29) is 5.91 Å². The van der Waals surface area contributed by atoms with Gasteiger partial charge in [-0.15, -0.1) is 0 Å². The molecule has 2 nitrogen and oxygen atoms in total. The lowest BCUT2D eigenvalue weighted by molar-refractivity contribution is -0.116. The molecule has 0 aliphatic rings. The summed E-state index contributed by atoms with van der Waals surface area (Å²) in [5.74, 6) is 0.103. The number of halogens is 1. The molecule has 0 radical (unpaired) electrons. The fourth-order valence-corrected chi connectivity index (χ4v) is 2.73. The maximum absolute atomic E-state index is 11.9. The summed E-state index contributed by atoms with van der Waals surface area (Å²) in [6.45, 7) is 0. The molecule has 0 saturated heterocycles. The molecule has 1 N–H and O–H groups in total. The number of hydrogen-bond acceptors (Lipinski definition) is 1. The Bertz CT molecular complexity index is 566. The van der Waals surface area contributed by atoms with Gasteiger partial charge >= 0.3 is 0 Å². The summed E-state index contributed by atoms with van der Waals surface area (Å²) >= 11 is 3.42. The number of amides is 1. The first-order valence-corrected chi connectivity index (χ1v) is 8.93. The van der Waals surface area contributed by atoms with Crippen molar-refractivity contribution in [1.82, 2.24) is 0 Å². The average Bonchev–Trinajstić information content (AvgIpc) is 2.56. The monoisotopic (exact) mass is 359 g/mol. The van der Waals surface area contributed by atoms with Gasteiger partial charge in [0.2, 0.25) is 5.91 Å². The molecule has 0 saturated carbocycles. The highest BCUT2D eigenvalue weighted by Crippen LogP contribution is 2.21. The number of nitrogens with one attached hydrogen (secondary N) is 1. The normalized spacial score (nSPS) is 10.4. The summed E-state index contributed by atoms with van der Waals surface area (Å²) in [7, 11) is 0. The Morgan fingerprint density at radius 3 is 2.14 bits per heavy atom. The Labute approximate surface area is 141 Å². The van der Waals surface area contributed by atoms with E-state index in [1.807, 2.05) is 42.5 Å². The molecular weight excluding hydrogens is 338 g/mol. The van der Waals surface area contributed by atoms with E-state index in [0.29, 0.717) is 6.42 Å². The Hall–Kier alpha value is -1.61. The number of alkyl halides is 1. The lowest BCUT2D eigenvalue weighted by atomic mass is 10.1. The van der Waals surface area contributed by atoms with Crippen LogP contribution in [-0.2, 0) is 4.79 Å². The van der Waals surface area contributed by atoms with E-state index in [1.165, 1.54) is 18.4 Å². The molecule has 2 rings (SSSR count). The van der Waals surface area contributed by atoms with Crippen LogP contribution >= 0.6 is 15.9 Å². The summed E-state index contributed by atoms with van der Waals surface area (Å²) in [5, 5.41) is 4.01. The Morgan fingerprint density at radius 2 is 1.45 bits per heavy atom. The molecule has 0 spiro atoms. The number of unbranched alkanes of at least 4 members (excludes halogenated alkanes) is 3. The summed E-state index contributed by atoms with van der Waals surface area (Å²) in [6, 6.07) is 18.2. The predicted octanol–water partition coefficient (Wildman–Crippen LogP) is 5.64. The summed E-state index contributed by atoms with van der Waals surface area (Å²) in [4.78, 5) is 11.9. The lowest BCUT2D eigenvalue weighted by Crippen LogP contribution is -2.10. The van der Waals surface area contributed by atoms with Crippen molar-refractivity contribution in [2.24, 2.45) is 0 Å². The summed E-state index contributed by atoms with van der Waals surface area (Å²) in [6.07, 6.45) is 5.04. The van der Waals surface area contributed by atoms with Crippen molar-refractivity contribution in [3.8, 4) is 11.1 Å². The van der Waals surface area contributed by atoms with E-state index in [0.717, 1.165) is 29.4 Å². The third kappa shape index (κ3) is 5.64. The number of carbonyl (C=O) groups excluding carboxylic acids is 1.